The molecule has 0 unspecified atom stereocenters. The van der Waals surface area contributed by atoms with E-state index in [1.54, 1.807) is 18.2 Å². The standard InChI is InChI=1S/C26H26F3N3O5S/c1-14-30-17-6-7-19(36-3)20(21(17)38-14)23(34)31-18-12-15(35-2)4-5-16(18)22(33)32-24-8-10-25(11-9-24,37-13-24)26(27,28)29/h4-7,12H,8-11,13H2,1-3H3,(H,31,34)(H,32,33). The highest BCUT2D eigenvalue weighted by Gasteiger charge is 2.63. The maximum atomic E-state index is 13.5. The van der Waals surface area contributed by atoms with Crippen LogP contribution in [0.4, 0.5) is 18.9 Å². The van der Waals surface area contributed by atoms with Crippen molar-refractivity contribution in [3.05, 3.63) is 46.5 Å². The fourth-order valence-corrected chi connectivity index (χ4v) is 6.09. The molecule has 2 N–H and O–H groups in total. The lowest BCUT2D eigenvalue weighted by Gasteiger charge is -2.53. The summed E-state index contributed by atoms with van der Waals surface area (Å²) in [5, 5.41) is 6.47. The highest BCUT2D eigenvalue weighted by molar-refractivity contribution is 7.19. The van der Waals surface area contributed by atoms with Crippen LogP contribution < -0.4 is 20.1 Å². The topological polar surface area (TPSA) is 98.8 Å². The van der Waals surface area contributed by atoms with Gasteiger partial charge in [0.15, 0.2) is 5.60 Å². The summed E-state index contributed by atoms with van der Waals surface area (Å²) in [6, 6.07) is 8.01. The van der Waals surface area contributed by atoms with Gasteiger partial charge in [0.1, 0.15) is 17.1 Å². The van der Waals surface area contributed by atoms with Gasteiger partial charge in [-0.25, -0.2) is 4.98 Å². The van der Waals surface area contributed by atoms with E-state index in [-0.39, 0.29) is 49.1 Å². The third kappa shape index (κ3) is 4.45. The number of thiazole rings is 1. The molecule has 3 fully saturated rings. The minimum Gasteiger partial charge on any atom is -0.497 e. The largest absolute Gasteiger partial charge is 0.497 e. The van der Waals surface area contributed by atoms with Crippen molar-refractivity contribution in [2.75, 3.05) is 26.1 Å². The van der Waals surface area contributed by atoms with Gasteiger partial charge in [0.2, 0.25) is 0 Å². The van der Waals surface area contributed by atoms with E-state index in [0.717, 1.165) is 5.01 Å². The van der Waals surface area contributed by atoms with E-state index in [1.807, 2.05) is 6.92 Å². The Balaban J connectivity index is 1.43. The van der Waals surface area contributed by atoms with Gasteiger partial charge in [0.05, 0.1) is 52.8 Å². The molecular weight excluding hydrogens is 523 g/mol. The number of nitrogens with zero attached hydrogens (tertiary/aromatic N) is 1. The molecule has 0 spiro atoms. The van der Waals surface area contributed by atoms with Crippen LogP contribution in [0.1, 0.15) is 51.4 Å². The van der Waals surface area contributed by atoms with Crippen LogP contribution in [0.3, 0.4) is 0 Å². The Morgan fingerprint density at radius 1 is 1.05 bits per heavy atom. The van der Waals surface area contributed by atoms with Gasteiger partial charge in [0, 0.05) is 6.07 Å². The number of aromatic nitrogens is 1. The predicted molar refractivity (Wildman–Crippen MR) is 135 cm³/mol. The first kappa shape index (κ1) is 26.2. The molecule has 1 aliphatic carbocycles. The van der Waals surface area contributed by atoms with Crippen LogP contribution in [0.2, 0.25) is 0 Å². The van der Waals surface area contributed by atoms with Crippen LogP contribution in [0.25, 0.3) is 10.2 Å². The fourth-order valence-electron chi connectivity index (χ4n) is 5.14. The van der Waals surface area contributed by atoms with Crippen LogP contribution in [0.15, 0.2) is 30.3 Å². The van der Waals surface area contributed by atoms with Crippen molar-refractivity contribution in [2.45, 2.75) is 49.9 Å². The van der Waals surface area contributed by atoms with Gasteiger partial charge < -0.3 is 24.8 Å². The Morgan fingerprint density at radius 2 is 1.79 bits per heavy atom. The molecule has 3 aliphatic rings. The van der Waals surface area contributed by atoms with E-state index in [0.29, 0.717) is 21.7 Å². The smallest absolute Gasteiger partial charge is 0.417 e. The lowest BCUT2D eigenvalue weighted by atomic mass is 9.70. The molecule has 1 aromatic heterocycles. The Kier molecular flexibility index (Phi) is 6.50. The number of halogens is 3. The minimum absolute atomic E-state index is 0.137. The van der Waals surface area contributed by atoms with Gasteiger partial charge in [-0.15, -0.1) is 11.3 Å². The molecule has 3 aromatic rings. The number of benzene rings is 2. The number of hydrogen-bond donors (Lipinski definition) is 2. The molecule has 6 rings (SSSR count). The van der Waals surface area contributed by atoms with E-state index >= 15 is 0 Å². The molecule has 2 bridgehead atoms. The van der Waals surface area contributed by atoms with Crippen molar-refractivity contribution < 1.29 is 37.0 Å². The zero-order chi connectivity index (χ0) is 27.3. The second kappa shape index (κ2) is 9.42. The maximum Gasteiger partial charge on any atom is 0.417 e. The van der Waals surface area contributed by atoms with Crippen molar-refractivity contribution in [1.29, 1.82) is 0 Å². The first-order valence-electron chi connectivity index (χ1n) is 12.0. The number of hydrogen-bond acceptors (Lipinski definition) is 7. The summed E-state index contributed by atoms with van der Waals surface area (Å²) >= 11 is 1.35. The molecule has 0 atom stereocenters. The lowest BCUT2D eigenvalue weighted by molar-refractivity contribution is -0.317. The number of amides is 2. The molecular formula is C26H26F3N3O5S. The number of fused-ring (bicyclic) bond motifs is 4. The van der Waals surface area contributed by atoms with E-state index in [9.17, 15) is 22.8 Å². The molecule has 2 aromatic carbocycles. The van der Waals surface area contributed by atoms with Crippen molar-refractivity contribution in [2.24, 2.45) is 0 Å². The zero-order valence-corrected chi connectivity index (χ0v) is 21.8. The van der Waals surface area contributed by atoms with Crippen molar-refractivity contribution in [3.63, 3.8) is 0 Å². The summed E-state index contributed by atoms with van der Waals surface area (Å²) in [6.45, 7) is 1.60. The van der Waals surface area contributed by atoms with Crippen molar-refractivity contribution in [3.8, 4) is 11.5 Å². The van der Waals surface area contributed by atoms with E-state index in [2.05, 4.69) is 15.6 Å². The van der Waals surface area contributed by atoms with Crippen LogP contribution >= 0.6 is 11.3 Å². The van der Waals surface area contributed by atoms with Crippen LogP contribution in [-0.4, -0.2) is 54.9 Å². The van der Waals surface area contributed by atoms with Gasteiger partial charge in [-0.3, -0.25) is 9.59 Å². The maximum absolute atomic E-state index is 13.5. The third-order valence-electron chi connectivity index (χ3n) is 7.33. The second-order valence-corrected chi connectivity index (χ2v) is 10.8. The SMILES string of the molecule is COc1ccc(C(=O)NC23CCC(C(F)(F)F)(CC2)OC3)c(NC(=O)c2c(OC)ccc3nc(C)sc23)c1. The van der Waals surface area contributed by atoms with Gasteiger partial charge in [-0.1, -0.05) is 0 Å². The zero-order valence-electron chi connectivity index (χ0n) is 21.0. The molecule has 12 heteroatoms. The fraction of sp³-hybridized carbons (Fsp3) is 0.423. The Labute approximate surface area is 220 Å². The molecule has 2 saturated heterocycles. The summed E-state index contributed by atoms with van der Waals surface area (Å²) in [6.07, 6.45) is -4.63. The first-order valence-corrected chi connectivity index (χ1v) is 12.8. The van der Waals surface area contributed by atoms with E-state index in [4.69, 9.17) is 14.2 Å². The summed E-state index contributed by atoms with van der Waals surface area (Å²) in [4.78, 5) is 31.4. The number of rotatable bonds is 6. The number of ether oxygens (including phenoxy) is 3. The van der Waals surface area contributed by atoms with Gasteiger partial charge in [-0.2, -0.15) is 13.2 Å². The number of carbonyl (C=O) groups excluding carboxylic acids is 2. The highest BCUT2D eigenvalue weighted by atomic mass is 32.1. The van der Waals surface area contributed by atoms with E-state index < -0.39 is 29.1 Å². The normalized spacial score (nSPS) is 22.8. The monoisotopic (exact) mass is 549 g/mol. The third-order valence-corrected chi connectivity index (χ3v) is 8.33. The van der Waals surface area contributed by atoms with Crippen molar-refractivity contribution in [1.82, 2.24) is 10.3 Å². The van der Waals surface area contributed by atoms with Crippen LogP contribution in [0.5, 0.6) is 11.5 Å². The van der Waals surface area contributed by atoms with E-state index in [1.165, 1.54) is 37.7 Å². The Bertz CT molecular complexity index is 1400. The van der Waals surface area contributed by atoms with Crippen molar-refractivity contribution >= 4 is 39.1 Å². The summed E-state index contributed by atoms with van der Waals surface area (Å²) < 4.78 is 57.2. The first-order chi connectivity index (χ1) is 18.0. The number of anilines is 1. The number of nitrogens with one attached hydrogen (secondary N) is 2. The molecule has 1 saturated carbocycles. The summed E-state index contributed by atoms with van der Waals surface area (Å²) in [5.41, 5.74) is -1.82. The molecule has 8 nitrogen and oxygen atoms in total. The average molecular weight is 550 g/mol. The second-order valence-electron chi connectivity index (χ2n) is 9.60. The number of methoxy groups -OCH3 is 2. The van der Waals surface area contributed by atoms with Gasteiger partial charge in [-0.05, 0) is 56.9 Å². The quantitative estimate of drug-likeness (QED) is 0.436. The van der Waals surface area contributed by atoms with Crippen LogP contribution in [0, 0.1) is 6.92 Å². The lowest BCUT2D eigenvalue weighted by Crippen LogP contribution is -2.66. The number of carbonyl (C=O) groups is 2. The molecule has 38 heavy (non-hydrogen) atoms. The summed E-state index contributed by atoms with van der Waals surface area (Å²) in [7, 11) is 2.91. The van der Waals surface area contributed by atoms with Gasteiger partial charge in [0.25, 0.3) is 11.8 Å². The molecule has 202 valence electrons. The molecule has 2 amide bonds. The predicted octanol–water partition coefficient (Wildman–Crippen LogP) is 5.25. The average Bonchev–Trinajstić information content (AvgIpc) is 3.28. The summed E-state index contributed by atoms with van der Waals surface area (Å²) in [5.74, 6) is -0.291. The Morgan fingerprint density at radius 3 is 2.39 bits per heavy atom. The number of aryl methyl sites for hydroxylation is 1. The molecule has 3 heterocycles. The number of alkyl halides is 3. The Hall–Kier alpha value is -3.38. The highest BCUT2D eigenvalue weighted by Crippen LogP contribution is 2.51. The minimum atomic E-state index is -4.46. The van der Waals surface area contributed by atoms with Crippen LogP contribution in [-0.2, 0) is 4.74 Å². The molecule has 0 radical (unpaired) electrons. The molecule has 2 aliphatic heterocycles. The van der Waals surface area contributed by atoms with Gasteiger partial charge >= 0.3 is 6.18 Å².